The summed E-state index contributed by atoms with van der Waals surface area (Å²) in [5, 5.41) is 54.3. The zero-order valence-electron chi connectivity index (χ0n) is 27.7. The van der Waals surface area contributed by atoms with Gasteiger partial charge in [0.25, 0.3) is 0 Å². The third-order valence-corrected chi connectivity index (χ3v) is 15.8. The number of rotatable bonds is 3. The van der Waals surface area contributed by atoms with Crippen LogP contribution >= 0.6 is 0 Å². The molecule has 3 aliphatic heterocycles. The van der Waals surface area contributed by atoms with Crippen LogP contribution in [0.15, 0.2) is 0 Å². The van der Waals surface area contributed by atoms with Crippen molar-refractivity contribution in [3.63, 3.8) is 0 Å². The van der Waals surface area contributed by atoms with E-state index < -0.39 is 42.1 Å². The molecule has 3 spiro atoms. The molecule has 8 aliphatic rings. The maximum absolute atomic E-state index is 12.4. The summed E-state index contributed by atoms with van der Waals surface area (Å²) < 4.78 is 25.9. The molecule has 0 radical (unpaired) electrons. The van der Waals surface area contributed by atoms with E-state index >= 15 is 0 Å². The van der Waals surface area contributed by atoms with E-state index in [2.05, 4.69) is 34.6 Å². The minimum absolute atomic E-state index is 0.0603. The first-order chi connectivity index (χ1) is 20.4. The molecule has 0 amide bonds. The predicted octanol–water partition coefficient (Wildman–Crippen LogP) is 3.12. The first-order valence-electron chi connectivity index (χ1n) is 17.5. The van der Waals surface area contributed by atoms with Gasteiger partial charge >= 0.3 is 0 Å². The van der Waals surface area contributed by atoms with Crippen molar-refractivity contribution in [2.24, 2.45) is 50.7 Å². The summed E-state index contributed by atoms with van der Waals surface area (Å²) in [7, 11) is 0. The molecule has 5 aliphatic carbocycles. The van der Waals surface area contributed by atoms with Crippen LogP contribution in [0.4, 0.5) is 0 Å². The molecule has 8 rings (SSSR count). The molecule has 3 saturated heterocycles. The van der Waals surface area contributed by atoms with Crippen molar-refractivity contribution in [2.75, 3.05) is 6.61 Å². The van der Waals surface area contributed by atoms with Crippen molar-refractivity contribution in [1.82, 2.24) is 0 Å². The number of ether oxygens (including phenoxy) is 4. The van der Waals surface area contributed by atoms with Gasteiger partial charge in [0.1, 0.15) is 24.4 Å². The minimum Gasteiger partial charge on any atom is -0.393 e. The highest BCUT2D eigenvalue weighted by Gasteiger charge is 2.87. The predicted molar refractivity (Wildman–Crippen MR) is 159 cm³/mol. The number of fused-ring (bicyclic) bond motifs is 4. The van der Waals surface area contributed by atoms with Crippen molar-refractivity contribution in [3.8, 4) is 0 Å². The molecule has 44 heavy (non-hydrogen) atoms. The van der Waals surface area contributed by atoms with Gasteiger partial charge in [0.2, 0.25) is 0 Å². The van der Waals surface area contributed by atoms with Crippen molar-refractivity contribution in [2.45, 2.75) is 160 Å². The van der Waals surface area contributed by atoms with Crippen LogP contribution in [0.25, 0.3) is 0 Å². The van der Waals surface area contributed by atoms with E-state index in [1.165, 1.54) is 0 Å². The van der Waals surface area contributed by atoms with E-state index in [1.54, 1.807) is 0 Å². The molecule has 0 aromatic carbocycles. The summed E-state index contributed by atoms with van der Waals surface area (Å²) >= 11 is 0. The average Bonchev–Trinajstić information content (AvgIpc) is 3.39. The Morgan fingerprint density at radius 3 is 2.27 bits per heavy atom. The van der Waals surface area contributed by atoms with Gasteiger partial charge in [0, 0.05) is 17.8 Å². The fraction of sp³-hybridized carbons (Fsp3) is 1.00. The Bertz CT molecular complexity index is 1200. The molecule has 8 fully saturated rings. The SMILES string of the molecule is CC1CC2OC3(CC4(C)C5CCC6C(C)(C)C(OC7OCC(O)C(O)C7O)CCC67CC57CC(O)C4(C)C13)OC2C(C)(C)O. The molecular formula is C35H56O9. The number of aliphatic hydroxyl groups excluding tert-OH is 4. The summed E-state index contributed by atoms with van der Waals surface area (Å²) in [5.74, 6) is 0.479. The fourth-order valence-corrected chi connectivity index (χ4v) is 14.0. The summed E-state index contributed by atoms with van der Waals surface area (Å²) in [4.78, 5) is 0. The van der Waals surface area contributed by atoms with Gasteiger partial charge < -0.3 is 44.5 Å². The third-order valence-electron chi connectivity index (χ3n) is 15.8. The Labute approximate surface area is 262 Å². The van der Waals surface area contributed by atoms with Gasteiger partial charge in [-0.05, 0) is 98.2 Å². The maximum Gasteiger partial charge on any atom is 0.186 e. The van der Waals surface area contributed by atoms with Gasteiger partial charge in [0.15, 0.2) is 12.1 Å². The smallest absolute Gasteiger partial charge is 0.186 e. The number of hydrogen-bond acceptors (Lipinski definition) is 9. The zero-order chi connectivity index (χ0) is 31.6. The molecule has 17 unspecified atom stereocenters. The van der Waals surface area contributed by atoms with Gasteiger partial charge in [-0.15, -0.1) is 0 Å². The second kappa shape index (κ2) is 9.00. The monoisotopic (exact) mass is 620 g/mol. The Hall–Kier alpha value is -0.360. The molecule has 0 aromatic heterocycles. The summed E-state index contributed by atoms with van der Waals surface area (Å²) in [5.41, 5.74) is -1.51. The van der Waals surface area contributed by atoms with Crippen LogP contribution in [0.3, 0.4) is 0 Å². The number of aliphatic hydroxyl groups is 5. The van der Waals surface area contributed by atoms with Crippen molar-refractivity contribution < 1.29 is 44.5 Å². The van der Waals surface area contributed by atoms with E-state index in [9.17, 15) is 25.5 Å². The van der Waals surface area contributed by atoms with Crippen molar-refractivity contribution >= 4 is 0 Å². The molecule has 9 nitrogen and oxygen atoms in total. The molecular weight excluding hydrogens is 564 g/mol. The summed E-state index contributed by atoms with van der Waals surface area (Å²) in [6, 6.07) is 0. The van der Waals surface area contributed by atoms with E-state index in [1.807, 2.05) is 13.8 Å². The second-order valence-corrected chi connectivity index (χ2v) is 18.4. The van der Waals surface area contributed by atoms with E-state index in [0.29, 0.717) is 17.8 Å². The minimum atomic E-state index is -1.29. The van der Waals surface area contributed by atoms with Gasteiger partial charge in [-0.3, -0.25) is 0 Å². The molecule has 17 atom stereocenters. The molecule has 0 aromatic rings. The molecule has 9 heteroatoms. The number of hydrogen-bond donors (Lipinski definition) is 5. The van der Waals surface area contributed by atoms with Crippen molar-refractivity contribution in [3.05, 3.63) is 0 Å². The lowest BCUT2D eigenvalue weighted by Gasteiger charge is -2.64. The Balaban J connectivity index is 1.10. The Kier molecular flexibility index (Phi) is 6.33. The van der Waals surface area contributed by atoms with Gasteiger partial charge in [-0.2, -0.15) is 0 Å². The zero-order valence-corrected chi connectivity index (χ0v) is 27.7. The largest absolute Gasteiger partial charge is 0.393 e. The van der Waals surface area contributed by atoms with Crippen LogP contribution in [0.1, 0.15) is 99.8 Å². The first-order valence-corrected chi connectivity index (χ1v) is 17.5. The van der Waals surface area contributed by atoms with Crippen LogP contribution in [-0.4, -0.2) is 92.5 Å². The van der Waals surface area contributed by atoms with Crippen LogP contribution in [0.5, 0.6) is 0 Å². The second-order valence-electron chi connectivity index (χ2n) is 18.4. The van der Waals surface area contributed by atoms with E-state index in [-0.39, 0.29) is 57.9 Å². The first kappa shape index (κ1) is 30.9. The van der Waals surface area contributed by atoms with Crippen molar-refractivity contribution in [1.29, 1.82) is 0 Å². The lowest BCUT2D eigenvalue weighted by molar-refractivity contribution is -0.303. The molecule has 3 heterocycles. The maximum atomic E-state index is 12.4. The molecule has 250 valence electrons. The highest BCUT2D eigenvalue weighted by molar-refractivity contribution is 5.34. The lowest BCUT2D eigenvalue weighted by atomic mass is 9.41. The van der Waals surface area contributed by atoms with Crippen LogP contribution in [0, 0.1) is 50.7 Å². The highest BCUT2D eigenvalue weighted by atomic mass is 16.8. The normalized spacial score (nSPS) is 62.2. The molecule has 2 bridgehead atoms. The lowest BCUT2D eigenvalue weighted by Crippen LogP contribution is -2.63. The highest BCUT2D eigenvalue weighted by Crippen LogP contribution is 2.90. The Morgan fingerprint density at radius 1 is 0.864 bits per heavy atom. The van der Waals surface area contributed by atoms with Gasteiger partial charge in [-0.1, -0.05) is 34.6 Å². The average molecular weight is 621 g/mol. The molecule has 5 N–H and O–H groups in total. The van der Waals surface area contributed by atoms with E-state index in [0.717, 1.165) is 51.4 Å². The quantitative estimate of drug-likeness (QED) is 0.301. The van der Waals surface area contributed by atoms with Gasteiger partial charge in [-0.25, -0.2) is 0 Å². The topological polar surface area (TPSA) is 138 Å². The Morgan fingerprint density at radius 2 is 1.57 bits per heavy atom. The fourth-order valence-electron chi connectivity index (χ4n) is 14.0. The van der Waals surface area contributed by atoms with E-state index in [4.69, 9.17) is 18.9 Å². The summed E-state index contributed by atoms with van der Waals surface area (Å²) in [6.07, 6.45) is 1.80. The molecule has 5 saturated carbocycles. The summed E-state index contributed by atoms with van der Waals surface area (Å²) in [6.45, 7) is 15.3. The third kappa shape index (κ3) is 3.48. The standard InChI is InChI=1S/C35H56O9/c1-17-12-19-27(30(4,5)40)44-35(43-19)15-31(6)21-9-8-20-29(2,3)23(42-28-25(39)24(38)18(36)14-41-28)10-11-33(20)16-34(21,33)13-22(37)32(31,7)26(17)35/h17-28,36-40H,8-16H2,1-7H3. The van der Waals surface area contributed by atoms with Gasteiger partial charge in [0.05, 0.1) is 30.5 Å². The van der Waals surface area contributed by atoms with Crippen LogP contribution in [-0.2, 0) is 18.9 Å². The van der Waals surface area contributed by atoms with Crippen LogP contribution < -0.4 is 0 Å². The van der Waals surface area contributed by atoms with Crippen LogP contribution in [0.2, 0.25) is 0 Å².